The number of likely N-dealkylation sites (N-methyl/N-ethyl adjacent to an activating group) is 1. The van der Waals surface area contributed by atoms with Gasteiger partial charge in [-0.15, -0.1) is 8.78 Å². The standard InChI is InChI=1S/C25H21ClF2N6O5/c1-4-33(14-6-8-17-18(10-14)39-25(27,28)38-17)19(35)11-34-24(37)22-21(29-12-30-22)20(31-34)13-5-7-15(16(26)9-13)23(36)32(2)3/h5-10,12H,4,11H2,1-3H3,(H,29,30). The van der Waals surface area contributed by atoms with Crippen LogP contribution in [0.4, 0.5) is 14.5 Å². The Bertz CT molecular complexity index is 1690. The van der Waals surface area contributed by atoms with Crippen molar-refractivity contribution < 1.29 is 27.8 Å². The van der Waals surface area contributed by atoms with Crippen LogP contribution in [0.2, 0.25) is 5.02 Å². The van der Waals surface area contributed by atoms with Gasteiger partial charge in [-0.2, -0.15) is 5.10 Å². The van der Waals surface area contributed by atoms with E-state index >= 15 is 0 Å². The molecule has 5 rings (SSSR count). The lowest BCUT2D eigenvalue weighted by Gasteiger charge is -2.21. The molecule has 0 saturated carbocycles. The Labute approximate surface area is 224 Å². The molecule has 1 aliphatic rings. The summed E-state index contributed by atoms with van der Waals surface area (Å²) < 4.78 is 36.8. The molecule has 0 radical (unpaired) electrons. The van der Waals surface area contributed by atoms with Crippen molar-refractivity contribution in [3.8, 4) is 22.8 Å². The number of nitrogens with zero attached hydrogens (tertiary/aromatic N) is 5. The quantitative estimate of drug-likeness (QED) is 0.384. The molecule has 0 bridgehead atoms. The van der Waals surface area contributed by atoms with E-state index in [1.54, 1.807) is 33.2 Å². The first-order valence-electron chi connectivity index (χ1n) is 11.6. The van der Waals surface area contributed by atoms with Crippen LogP contribution in [0.25, 0.3) is 22.3 Å². The number of hydrogen-bond donors (Lipinski definition) is 1. The van der Waals surface area contributed by atoms with Crippen molar-refractivity contribution in [3.05, 3.63) is 63.7 Å². The third kappa shape index (κ3) is 4.76. The third-order valence-electron chi connectivity index (χ3n) is 6.01. The minimum atomic E-state index is -3.80. The summed E-state index contributed by atoms with van der Waals surface area (Å²) in [5, 5.41) is 4.57. The smallest absolute Gasteiger partial charge is 0.395 e. The first kappa shape index (κ1) is 26.1. The summed E-state index contributed by atoms with van der Waals surface area (Å²) in [6, 6.07) is 8.67. The van der Waals surface area contributed by atoms with Gasteiger partial charge in [0.1, 0.15) is 23.3 Å². The van der Waals surface area contributed by atoms with Crippen molar-refractivity contribution >= 4 is 40.1 Å². The van der Waals surface area contributed by atoms with E-state index in [0.29, 0.717) is 5.56 Å². The van der Waals surface area contributed by atoms with Crippen molar-refractivity contribution in [2.24, 2.45) is 0 Å². The number of nitrogens with one attached hydrogen (secondary N) is 1. The number of rotatable bonds is 6. The highest BCUT2D eigenvalue weighted by atomic mass is 35.5. The van der Waals surface area contributed by atoms with E-state index in [1.807, 2.05) is 0 Å². The summed E-state index contributed by atoms with van der Waals surface area (Å²) in [6.45, 7) is 1.39. The number of anilines is 1. The second-order valence-corrected chi connectivity index (χ2v) is 9.18. The van der Waals surface area contributed by atoms with Gasteiger partial charge in [0.15, 0.2) is 11.5 Å². The molecule has 0 aliphatic carbocycles. The summed E-state index contributed by atoms with van der Waals surface area (Å²) in [5.74, 6) is -1.19. The summed E-state index contributed by atoms with van der Waals surface area (Å²) in [7, 11) is 3.21. The van der Waals surface area contributed by atoms with Gasteiger partial charge >= 0.3 is 6.29 Å². The van der Waals surface area contributed by atoms with Gasteiger partial charge in [0.25, 0.3) is 11.5 Å². The Hall–Kier alpha value is -4.52. The number of carbonyl (C=O) groups is 2. The number of aromatic nitrogens is 4. The highest BCUT2D eigenvalue weighted by Gasteiger charge is 2.43. The number of ether oxygens (including phenoxy) is 2. The largest absolute Gasteiger partial charge is 0.586 e. The molecule has 2 aromatic heterocycles. The molecular formula is C25H21ClF2N6O5. The van der Waals surface area contributed by atoms with Gasteiger partial charge in [-0.05, 0) is 31.2 Å². The molecule has 0 unspecified atom stereocenters. The van der Waals surface area contributed by atoms with E-state index in [4.69, 9.17) is 11.6 Å². The molecule has 0 spiro atoms. The fourth-order valence-electron chi connectivity index (χ4n) is 4.18. The number of aromatic amines is 1. The fourth-order valence-corrected chi connectivity index (χ4v) is 4.44. The average Bonchev–Trinajstić information content (AvgIpc) is 3.49. The van der Waals surface area contributed by atoms with Crippen molar-refractivity contribution in [1.82, 2.24) is 24.6 Å². The molecule has 14 heteroatoms. The molecule has 0 atom stereocenters. The number of amides is 2. The zero-order valence-electron chi connectivity index (χ0n) is 20.9. The van der Waals surface area contributed by atoms with Gasteiger partial charge in [-0.3, -0.25) is 14.4 Å². The maximum Gasteiger partial charge on any atom is 0.586 e. The number of halogens is 3. The number of fused-ring (bicyclic) bond motifs is 2. The van der Waals surface area contributed by atoms with E-state index in [-0.39, 0.29) is 57.0 Å². The molecule has 1 aliphatic heterocycles. The predicted octanol–water partition coefficient (Wildman–Crippen LogP) is 3.52. The maximum absolute atomic E-state index is 13.4. The Kier molecular flexibility index (Phi) is 6.46. The van der Waals surface area contributed by atoms with Gasteiger partial charge in [0.2, 0.25) is 5.91 Å². The Morgan fingerprint density at radius 2 is 1.87 bits per heavy atom. The van der Waals surface area contributed by atoms with Gasteiger partial charge in [0, 0.05) is 38.0 Å². The molecular weight excluding hydrogens is 538 g/mol. The number of benzene rings is 2. The summed E-state index contributed by atoms with van der Waals surface area (Å²) >= 11 is 6.39. The minimum Gasteiger partial charge on any atom is -0.395 e. The molecule has 0 saturated heterocycles. The topological polar surface area (TPSA) is 123 Å². The zero-order valence-corrected chi connectivity index (χ0v) is 21.6. The van der Waals surface area contributed by atoms with Crippen LogP contribution in [0, 0.1) is 0 Å². The van der Waals surface area contributed by atoms with Gasteiger partial charge < -0.3 is 24.3 Å². The van der Waals surface area contributed by atoms with Crippen LogP contribution in [0.3, 0.4) is 0 Å². The lowest BCUT2D eigenvalue weighted by molar-refractivity contribution is -0.286. The van der Waals surface area contributed by atoms with Crippen molar-refractivity contribution in [1.29, 1.82) is 0 Å². The SMILES string of the molecule is CCN(C(=O)Cn1nc(-c2ccc(C(=O)N(C)C)c(Cl)c2)c2nc[nH]c2c1=O)c1ccc2c(c1)OC(F)(F)O2. The molecule has 1 N–H and O–H groups in total. The van der Waals surface area contributed by atoms with Crippen LogP contribution < -0.4 is 19.9 Å². The molecule has 11 nitrogen and oxygen atoms in total. The van der Waals surface area contributed by atoms with E-state index in [9.17, 15) is 23.2 Å². The molecule has 39 heavy (non-hydrogen) atoms. The molecule has 202 valence electrons. The van der Waals surface area contributed by atoms with E-state index in [1.165, 1.54) is 40.4 Å². The summed E-state index contributed by atoms with van der Waals surface area (Å²) in [6.07, 6.45) is -2.47. The predicted molar refractivity (Wildman–Crippen MR) is 137 cm³/mol. The summed E-state index contributed by atoms with van der Waals surface area (Å²) in [5.41, 5.74) is 1.07. The monoisotopic (exact) mass is 558 g/mol. The van der Waals surface area contributed by atoms with Crippen molar-refractivity contribution in [3.63, 3.8) is 0 Å². The number of hydrogen-bond acceptors (Lipinski definition) is 7. The van der Waals surface area contributed by atoms with Crippen LogP contribution in [0.15, 0.2) is 47.5 Å². The van der Waals surface area contributed by atoms with Gasteiger partial charge in [-0.25, -0.2) is 9.67 Å². The van der Waals surface area contributed by atoms with Crippen LogP contribution in [0.1, 0.15) is 17.3 Å². The molecule has 4 aromatic rings. The number of carbonyl (C=O) groups excluding carboxylic acids is 2. The highest BCUT2D eigenvalue weighted by molar-refractivity contribution is 6.34. The van der Waals surface area contributed by atoms with E-state index < -0.39 is 24.3 Å². The summed E-state index contributed by atoms with van der Waals surface area (Å²) in [4.78, 5) is 48.5. The molecule has 0 fully saturated rings. The maximum atomic E-state index is 13.4. The zero-order chi connectivity index (χ0) is 28.1. The molecule has 2 aromatic carbocycles. The highest BCUT2D eigenvalue weighted by Crippen LogP contribution is 2.42. The van der Waals surface area contributed by atoms with Crippen molar-refractivity contribution in [2.75, 3.05) is 25.5 Å². The normalized spacial score (nSPS) is 13.5. The number of H-pyrrole nitrogens is 1. The van der Waals surface area contributed by atoms with E-state index in [0.717, 1.165) is 4.68 Å². The average molecular weight is 559 g/mol. The molecule has 2 amide bonds. The lowest BCUT2D eigenvalue weighted by Crippen LogP contribution is -2.37. The Balaban J connectivity index is 1.50. The van der Waals surface area contributed by atoms with Crippen LogP contribution in [-0.4, -0.2) is 63.4 Å². The Morgan fingerprint density at radius 3 is 2.56 bits per heavy atom. The first-order valence-corrected chi connectivity index (χ1v) is 12.0. The number of alkyl halides is 2. The number of imidazole rings is 1. The van der Waals surface area contributed by atoms with Crippen LogP contribution >= 0.6 is 11.6 Å². The molecule has 3 heterocycles. The van der Waals surface area contributed by atoms with Gasteiger partial charge in [-0.1, -0.05) is 17.7 Å². The second-order valence-electron chi connectivity index (χ2n) is 8.77. The van der Waals surface area contributed by atoms with Crippen molar-refractivity contribution in [2.45, 2.75) is 19.8 Å². The van der Waals surface area contributed by atoms with Crippen LogP contribution in [0.5, 0.6) is 11.5 Å². The second kappa shape index (κ2) is 9.66. The fraction of sp³-hybridized carbons (Fsp3) is 0.240. The first-order chi connectivity index (χ1) is 18.5. The third-order valence-corrected chi connectivity index (χ3v) is 6.32. The Morgan fingerprint density at radius 1 is 1.13 bits per heavy atom. The minimum absolute atomic E-state index is 0.116. The van der Waals surface area contributed by atoms with Crippen LogP contribution in [-0.2, 0) is 11.3 Å². The van der Waals surface area contributed by atoms with Gasteiger partial charge in [0.05, 0.1) is 16.9 Å². The van der Waals surface area contributed by atoms with E-state index in [2.05, 4.69) is 24.5 Å². The lowest BCUT2D eigenvalue weighted by atomic mass is 10.1.